The van der Waals surface area contributed by atoms with Crippen molar-refractivity contribution in [3.05, 3.63) is 36.4 Å². The SMILES string of the molecule is CCCC(N)c1cc(-c2cccnc2)no1. The van der Waals surface area contributed by atoms with Crippen LogP contribution in [0.15, 0.2) is 35.1 Å². The molecule has 0 spiro atoms. The third kappa shape index (κ3) is 2.28. The summed E-state index contributed by atoms with van der Waals surface area (Å²) in [6.07, 6.45) is 5.42. The van der Waals surface area contributed by atoms with Crippen LogP contribution in [0.25, 0.3) is 11.3 Å². The Kier molecular flexibility index (Phi) is 3.31. The topological polar surface area (TPSA) is 64.9 Å². The molecule has 0 aromatic carbocycles. The van der Waals surface area contributed by atoms with Crippen molar-refractivity contribution in [2.75, 3.05) is 0 Å². The highest BCUT2D eigenvalue weighted by Crippen LogP contribution is 2.22. The van der Waals surface area contributed by atoms with Crippen LogP contribution < -0.4 is 5.73 Å². The summed E-state index contributed by atoms with van der Waals surface area (Å²) in [5, 5.41) is 3.99. The highest BCUT2D eigenvalue weighted by molar-refractivity contribution is 5.57. The van der Waals surface area contributed by atoms with Gasteiger partial charge in [0.2, 0.25) is 0 Å². The molecule has 0 aliphatic rings. The van der Waals surface area contributed by atoms with Crippen LogP contribution in [0, 0.1) is 0 Å². The number of nitrogens with zero attached hydrogens (tertiary/aromatic N) is 2. The van der Waals surface area contributed by atoms with E-state index in [1.54, 1.807) is 12.4 Å². The Balaban J connectivity index is 2.20. The van der Waals surface area contributed by atoms with Crippen molar-refractivity contribution in [1.82, 2.24) is 10.1 Å². The van der Waals surface area contributed by atoms with Gasteiger partial charge in [0.15, 0.2) is 5.76 Å². The van der Waals surface area contributed by atoms with Crippen LogP contribution >= 0.6 is 0 Å². The van der Waals surface area contributed by atoms with Gasteiger partial charge in [-0.15, -0.1) is 0 Å². The van der Waals surface area contributed by atoms with Crippen LogP contribution in [0.3, 0.4) is 0 Å². The minimum absolute atomic E-state index is 0.0667. The monoisotopic (exact) mass is 217 g/mol. The van der Waals surface area contributed by atoms with Gasteiger partial charge in [0.05, 0.1) is 6.04 Å². The van der Waals surface area contributed by atoms with E-state index in [4.69, 9.17) is 10.3 Å². The number of aromatic nitrogens is 2. The Labute approximate surface area is 94.5 Å². The molecule has 2 N–H and O–H groups in total. The quantitative estimate of drug-likeness (QED) is 0.854. The third-order valence-corrected chi connectivity index (χ3v) is 2.45. The fraction of sp³-hybridized carbons (Fsp3) is 0.333. The molecular weight excluding hydrogens is 202 g/mol. The third-order valence-electron chi connectivity index (χ3n) is 2.45. The van der Waals surface area contributed by atoms with E-state index in [1.165, 1.54) is 0 Å². The van der Waals surface area contributed by atoms with E-state index in [0.717, 1.165) is 29.9 Å². The van der Waals surface area contributed by atoms with Gasteiger partial charge in [0.1, 0.15) is 5.69 Å². The minimum Gasteiger partial charge on any atom is -0.359 e. The fourth-order valence-corrected chi connectivity index (χ4v) is 1.57. The second-order valence-electron chi connectivity index (χ2n) is 3.75. The van der Waals surface area contributed by atoms with Crippen LogP contribution in [0.2, 0.25) is 0 Å². The lowest BCUT2D eigenvalue weighted by molar-refractivity contribution is 0.356. The van der Waals surface area contributed by atoms with E-state index >= 15 is 0 Å². The molecule has 1 atom stereocenters. The molecule has 2 rings (SSSR count). The van der Waals surface area contributed by atoms with Gasteiger partial charge in [0, 0.05) is 24.0 Å². The summed E-state index contributed by atoms with van der Waals surface area (Å²) in [5.74, 6) is 0.737. The number of hydrogen-bond acceptors (Lipinski definition) is 4. The Bertz CT molecular complexity index is 439. The van der Waals surface area contributed by atoms with Crippen LogP contribution in [0.1, 0.15) is 31.6 Å². The molecule has 4 nitrogen and oxygen atoms in total. The molecule has 0 bridgehead atoms. The molecular formula is C12H15N3O. The predicted molar refractivity (Wildman–Crippen MR) is 61.6 cm³/mol. The Morgan fingerprint density at radius 3 is 3.06 bits per heavy atom. The summed E-state index contributed by atoms with van der Waals surface area (Å²) in [5.41, 5.74) is 7.68. The van der Waals surface area contributed by atoms with Crippen LogP contribution in [0.4, 0.5) is 0 Å². The summed E-state index contributed by atoms with van der Waals surface area (Å²) in [6, 6.07) is 5.63. The van der Waals surface area contributed by atoms with E-state index in [2.05, 4.69) is 17.1 Å². The van der Waals surface area contributed by atoms with Crippen LogP contribution in [-0.2, 0) is 0 Å². The van der Waals surface area contributed by atoms with E-state index in [-0.39, 0.29) is 6.04 Å². The molecule has 0 radical (unpaired) electrons. The smallest absolute Gasteiger partial charge is 0.154 e. The zero-order chi connectivity index (χ0) is 11.4. The van der Waals surface area contributed by atoms with Gasteiger partial charge in [-0.25, -0.2) is 0 Å². The van der Waals surface area contributed by atoms with Crippen LogP contribution in [-0.4, -0.2) is 10.1 Å². The van der Waals surface area contributed by atoms with Crippen molar-refractivity contribution in [2.45, 2.75) is 25.8 Å². The lowest BCUT2D eigenvalue weighted by atomic mass is 10.1. The molecule has 84 valence electrons. The molecule has 0 amide bonds. The maximum absolute atomic E-state index is 5.95. The molecule has 2 aromatic heterocycles. The van der Waals surface area contributed by atoms with Gasteiger partial charge < -0.3 is 10.3 Å². The molecule has 0 aliphatic heterocycles. The van der Waals surface area contributed by atoms with E-state index in [1.807, 2.05) is 18.2 Å². The lowest BCUT2D eigenvalue weighted by Crippen LogP contribution is -2.08. The highest BCUT2D eigenvalue weighted by atomic mass is 16.5. The molecule has 2 aromatic rings. The maximum atomic E-state index is 5.95. The average molecular weight is 217 g/mol. The highest BCUT2D eigenvalue weighted by Gasteiger charge is 2.12. The normalized spacial score (nSPS) is 12.6. The minimum atomic E-state index is -0.0667. The van der Waals surface area contributed by atoms with Gasteiger partial charge in [-0.2, -0.15) is 0 Å². The molecule has 2 heterocycles. The van der Waals surface area contributed by atoms with E-state index in [9.17, 15) is 0 Å². The second kappa shape index (κ2) is 4.90. The Morgan fingerprint density at radius 2 is 2.38 bits per heavy atom. The van der Waals surface area contributed by atoms with E-state index < -0.39 is 0 Å². The molecule has 4 heteroatoms. The van der Waals surface area contributed by atoms with E-state index in [0.29, 0.717) is 0 Å². The first-order valence-electron chi connectivity index (χ1n) is 5.44. The number of hydrogen-bond donors (Lipinski definition) is 1. The van der Waals surface area contributed by atoms with Gasteiger partial charge in [-0.05, 0) is 18.6 Å². The van der Waals surface area contributed by atoms with Crippen molar-refractivity contribution in [3.63, 3.8) is 0 Å². The molecule has 0 aliphatic carbocycles. The lowest BCUT2D eigenvalue weighted by Gasteiger charge is -2.03. The van der Waals surface area contributed by atoms with Crippen molar-refractivity contribution in [2.24, 2.45) is 5.73 Å². The summed E-state index contributed by atoms with van der Waals surface area (Å²) in [6.45, 7) is 2.10. The Hall–Kier alpha value is -1.68. The Morgan fingerprint density at radius 1 is 1.50 bits per heavy atom. The second-order valence-corrected chi connectivity index (χ2v) is 3.75. The van der Waals surface area contributed by atoms with Crippen molar-refractivity contribution in [3.8, 4) is 11.3 Å². The summed E-state index contributed by atoms with van der Waals surface area (Å²) in [4.78, 5) is 4.04. The molecule has 0 saturated carbocycles. The van der Waals surface area contributed by atoms with Crippen molar-refractivity contribution < 1.29 is 4.52 Å². The zero-order valence-corrected chi connectivity index (χ0v) is 9.26. The molecule has 0 fully saturated rings. The van der Waals surface area contributed by atoms with Gasteiger partial charge in [-0.3, -0.25) is 4.98 Å². The summed E-state index contributed by atoms with van der Waals surface area (Å²) >= 11 is 0. The molecule has 1 unspecified atom stereocenters. The summed E-state index contributed by atoms with van der Waals surface area (Å²) < 4.78 is 5.23. The number of pyridine rings is 1. The molecule has 16 heavy (non-hydrogen) atoms. The zero-order valence-electron chi connectivity index (χ0n) is 9.26. The number of nitrogens with two attached hydrogens (primary N) is 1. The number of rotatable bonds is 4. The van der Waals surface area contributed by atoms with Crippen molar-refractivity contribution >= 4 is 0 Å². The predicted octanol–water partition coefficient (Wildman–Crippen LogP) is 2.54. The largest absolute Gasteiger partial charge is 0.359 e. The fourth-order valence-electron chi connectivity index (χ4n) is 1.57. The van der Waals surface area contributed by atoms with Gasteiger partial charge in [-0.1, -0.05) is 18.5 Å². The molecule has 0 saturated heterocycles. The first-order valence-corrected chi connectivity index (χ1v) is 5.44. The maximum Gasteiger partial charge on any atom is 0.154 e. The first-order chi connectivity index (χ1) is 7.81. The van der Waals surface area contributed by atoms with Gasteiger partial charge >= 0.3 is 0 Å². The average Bonchev–Trinajstić information content (AvgIpc) is 2.80. The summed E-state index contributed by atoms with van der Waals surface area (Å²) in [7, 11) is 0. The van der Waals surface area contributed by atoms with Crippen molar-refractivity contribution in [1.29, 1.82) is 0 Å². The standard InChI is InChI=1S/C12H15N3O/c1-2-4-10(13)12-7-11(15-16-12)9-5-3-6-14-8-9/h3,5-8,10H,2,4,13H2,1H3. The van der Waals surface area contributed by atoms with Crippen LogP contribution in [0.5, 0.6) is 0 Å². The first kappa shape index (κ1) is 10.8. The van der Waals surface area contributed by atoms with Gasteiger partial charge in [0.25, 0.3) is 0 Å².